The number of rotatable bonds is 78. The minimum Gasteiger partial charge on any atom is -0.462 e. The summed E-state index contributed by atoms with van der Waals surface area (Å²) >= 11 is 0. The molecule has 99 heavy (non-hydrogen) atoms. The van der Waals surface area contributed by atoms with Gasteiger partial charge in [-0.2, -0.15) is 0 Å². The molecule has 3 N–H and O–H groups in total. The molecule has 4 unspecified atom stereocenters. The second kappa shape index (κ2) is 70.4. The van der Waals surface area contributed by atoms with Gasteiger partial charge in [-0.15, -0.1) is 0 Å². The summed E-state index contributed by atoms with van der Waals surface area (Å²) in [5, 5.41) is 10.6. The van der Waals surface area contributed by atoms with Crippen molar-refractivity contribution in [2.75, 3.05) is 39.6 Å². The van der Waals surface area contributed by atoms with E-state index < -0.39 is 97.5 Å². The van der Waals surface area contributed by atoms with Gasteiger partial charge in [0.05, 0.1) is 26.4 Å². The molecule has 588 valence electrons. The highest BCUT2D eigenvalue weighted by Gasteiger charge is 2.30. The van der Waals surface area contributed by atoms with Gasteiger partial charge in [-0.25, -0.2) is 9.13 Å². The molecule has 0 aliphatic carbocycles. The van der Waals surface area contributed by atoms with Crippen molar-refractivity contribution in [1.29, 1.82) is 0 Å². The molecule has 0 aromatic rings. The van der Waals surface area contributed by atoms with Gasteiger partial charge in [-0.3, -0.25) is 37.3 Å². The summed E-state index contributed by atoms with van der Waals surface area (Å²) in [6, 6.07) is 0. The Morgan fingerprint density at radius 3 is 0.768 bits per heavy atom. The highest BCUT2D eigenvalue weighted by molar-refractivity contribution is 7.47. The Bertz CT molecular complexity index is 1930. The molecule has 0 radical (unpaired) electrons. The number of phosphoric acid groups is 2. The first kappa shape index (κ1) is 97.1. The number of aliphatic hydroxyl groups excluding tert-OH is 1. The number of aliphatic hydroxyl groups is 1. The van der Waals surface area contributed by atoms with Crippen molar-refractivity contribution in [3.8, 4) is 0 Å². The predicted octanol–water partition coefficient (Wildman–Crippen LogP) is 23.7. The zero-order valence-electron chi connectivity index (χ0n) is 65.0. The van der Waals surface area contributed by atoms with E-state index in [-0.39, 0.29) is 25.7 Å². The second-order valence-electron chi connectivity index (χ2n) is 29.8. The molecule has 0 saturated heterocycles. The number of ether oxygens (including phenoxy) is 4. The molecule has 0 rings (SSSR count). The maximum absolute atomic E-state index is 13.1. The van der Waals surface area contributed by atoms with E-state index in [4.69, 9.17) is 37.0 Å². The summed E-state index contributed by atoms with van der Waals surface area (Å²) in [5.41, 5.74) is 0. The lowest BCUT2D eigenvalue weighted by Crippen LogP contribution is -2.30. The Kier molecular flexibility index (Phi) is 69.0. The van der Waals surface area contributed by atoms with E-state index in [0.717, 1.165) is 108 Å². The van der Waals surface area contributed by atoms with Crippen LogP contribution in [-0.2, 0) is 65.4 Å². The molecule has 17 nitrogen and oxygen atoms in total. The number of unbranched alkanes of at least 4 members (excludes halogenated alkanes) is 44. The highest BCUT2D eigenvalue weighted by Crippen LogP contribution is 2.45. The number of carbonyl (C=O) groups is 4. The summed E-state index contributed by atoms with van der Waals surface area (Å²) < 4.78 is 68.7. The van der Waals surface area contributed by atoms with Crippen molar-refractivity contribution in [1.82, 2.24) is 0 Å². The van der Waals surface area contributed by atoms with Crippen LogP contribution in [0.2, 0.25) is 0 Å². The normalized spacial score (nSPS) is 14.5. The Morgan fingerprint density at radius 1 is 0.293 bits per heavy atom. The van der Waals surface area contributed by atoms with Crippen molar-refractivity contribution >= 4 is 39.5 Å². The van der Waals surface area contributed by atoms with Gasteiger partial charge in [0.25, 0.3) is 0 Å². The van der Waals surface area contributed by atoms with Crippen LogP contribution in [0, 0.1) is 17.8 Å². The Balaban J connectivity index is 5.27. The lowest BCUT2D eigenvalue weighted by Gasteiger charge is -2.21. The van der Waals surface area contributed by atoms with Gasteiger partial charge in [0, 0.05) is 25.7 Å². The van der Waals surface area contributed by atoms with Crippen molar-refractivity contribution in [3.63, 3.8) is 0 Å². The van der Waals surface area contributed by atoms with Crippen LogP contribution in [0.3, 0.4) is 0 Å². The highest BCUT2D eigenvalue weighted by atomic mass is 31.2. The first-order valence-corrected chi connectivity index (χ1v) is 44.4. The van der Waals surface area contributed by atoms with Gasteiger partial charge in [-0.05, 0) is 43.4 Å². The van der Waals surface area contributed by atoms with E-state index in [9.17, 15) is 43.2 Å². The third-order valence-corrected chi connectivity index (χ3v) is 21.3. The van der Waals surface area contributed by atoms with Crippen LogP contribution in [0.15, 0.2) is 0 Å². The molecule has 7 atom stereocenters. The van der Waals surface area contributed by atoms with Crippen molar-refractivity contribution < 1.29 is 80.2 Å². The average molecular weight is 1450 g/mol. The van der Waals surface area contributed by atoms with Gasteiger partial charge in [0.15, 0.2) is 12.2 Å². The van der Waals surface area contributed by atoms with Crippen LogP contribution >= 0.6 is 15.6 Å². The number of hydrogen-bond donors (Lipinski definition) is 3. The fraction of sp³-hybridized carbons (Fsp3) is 0.950. The fourth-order valence-electron chi connectivity index (χ4n) is 12.2. The number of esters is 4. The smallest absolute Gasteiger partial charge is 0.462 e. The number of carbonyl (C=O) groups excluding carboxylic acids is 4. The molecule has 0 bridgehead atoms. The van der Waals surface area contributed by atoms with Gasteiger partial charge >= 0.3 is 39.5 Å². The Hall–Kier alpha value is -1.94. The van der Waals surface area contributed by atoms with E-state index in [1.807, 2.05) is 0 Å². The molecule has 0 saturated carbocycles. The molecular formula is C80H156O17P2. The number of phosphoric ester groups is 2. The van der Waals surface area contributed by atoms with E-state index in [1.54, 1.807) is 0 Å². The van der Waals surface area contributed by atoms with E-state index in [0.29, 0.717) is 25.7 Å². The third-order valence-electron chi connectivity index (χ3n) is 19.4. The van der Waals surface area contributed by atoms with Gasteiger partial charge in [-0.1, -0.05) is 363 Å². The topological polar surface area (TPSA) is 237 Å². The quantitative estimate of drug-likeness (QED) is 0.0222. The zero-order chi connectivity index (χ0) is 73.0. The van der Waals surface area contributed by atoms with Crippen LogP contribution in [0.4, 0.5) is 0 Å². The lowest BCUT2D eigenvalue weighted by atomic mass is 9.99. The molecule has 0 aromatic carbocycles. The fourth-order valence-corrected chi connectivity index (χ4v) is 13.8. The van der Waals surface area contributed by atoms with Crippen molar-refractivity contribution in [2.24, 2.45) is 17.8 Å². The largest absolute Gasteiger partial charge is 0.472 e. The average Bonchev–Trinajstić information content (AvgIpc) is 1.08. The van der Waals surface area contributed by atoms with Crippen LogP contribution in [0.1, 0.15) is 414 Å². The van der Waals surface area contributed by atoms with E-state index in [1.165, 1.54) is 225 Å². The monoisotopic (exact) mass is 1450 g/mol. The predicted molar refractivity (Wildman–Crippen MR) is 405 cm³/mol. The van der Waals surface area contributed by atoms with E-state index in [2.05, 4.69) is 48.5 Å². The molecular weight excluding hydrogens is 1290 g/mol. The Labute approximate surface area is 607 Å². The van der Waals surface area contributed by atoms with Gasteiger partial charge in [0.1, 0.15) is 19.3 Å². The molecule has 0 heterocycles. The maximum atomic E-state index is 13.1. The molecule has 0 aromatic heterocycles. The minimum atomic E-state index is -4.96. The summed E-state index contributed by atoms with van der Waals surface area (Å²) in [6.45, 7) is 12.0. The van der Waals surface area contributed by atoms with Crippen LogP contribution in [0.25, 0.3) is 0 Å². The van der Waals surface area contributed by atoms with Crippen LogP contribution < -0.4 is 0 Å². The van der Waals surface area contributed by atoms with Crippen molar-refractivity contribution in [2.45, 2.75) is 433 Å². The molecule has 0 fully saturated rings. The van der Waals surface area contributed by atoms with Crippen LogP contribution in [0.5, 0.6) is 0 Å². The standard InChI is InChI=1S/C80H156O17P2/c1-8-11-12-13-14-15-16-17-19-23-26-32-40-47-54-61-77(82)90-67-75(96-79(84)63-56-49-42-33-27-24-21-18-20-22-25-30-37-44-51-58-71(4)5)69-94-98(86,87)92-65-74(81)66-93-99(88,89)95-70-76(68-91-78(83)62-55-48-41-36-35-39-46-53-60-73(7)10-3)97-80(85)64-57-50-43-34-29-28-31-38-45-52-59-72(6)9-2/h71-76,81H,8-70H2,1-7H3,(H,86,87)(H,88,89)/t72?,73?,74-,75-,76-/m1/s1. The summed E-state index contributed by atoms with van der Waals surface area (Å²) in [4.78, 5) is 73.0. The maximum Gasteiger partial charge on any atom is 0.472 e. The Morgan fingerprint density at radius 2 is 0.515 bits per heavy atom. The van der Waals surface area contributed by atoms with Gasteiger partial charge < -0.3 is 33.8 Å². The minimum absolute atomic E-state index is 0.106. The number of hydrogen-bond acceptors (Lipinski definition) is 15. The van der Waals surface area contributed by atoms with Crippen LogP contribution in [-0.4, -0.2) is 96.7 Å². The van der Waals surface area contributed by atoms with Crippen molar-refractivity contribution in [3.05, 3.63) is 0 Å². The first-order valence-electron chi connectivity index (χ1n) is 41.4. The summed E-state index contributed by atoms with van der Waals surface area (Å²) in [7, 11) is -9.92. The van der Waals surface area contributed by atoms with Gasteiger partial charge in [0.2, 0.25) is 0 Å². The summed E-state index contributed by atoms with van der Waals surface area (Å²) in [6.07, 6.45) is 58.0. The first-order chi connectivity index (χ1) is 47.8. The second-order valence-corrected chi connectivity index (χ2v) is 32.7. The lowest BCUT2D eigenvalue weighted by molar-refractivity contribution is -0.161. The molecule has 0 aliphatic heterocycles. The zero-order valence-corrected chi connectivity index (χ0v) is 66.8. The SMILES string of the molecule is CCCCCCCCCCCCCCCCCC(=O)OC[C@H](COP(=O)(O)OC[C@@H](O)COP(=O)(O)OC[C@@H](COC(=O)CCCCCCCCCCC(C)CC)OC(=O)CCCCCCCCCCCCC(C)CC)OC(=O)CCCCCCCCCCCCCCCCCC(C)C. The van der Waals surface area contributed by atoms with E-state index >= 15 is 0 Å². The third kappa shape index (κ3) is 71.5. The molecule has 19 heteroatoms. The summed E-state index contributed by atoms with van der Waals surface area (Å²) in [5.74, 6) is 0.272. The molecule has 0 aliphatic rings. The molecule has 0 spiro atoms. The molecule has 0 amide bonds.